The molecule has 1 spiro atoms. The summed E-state index contributed by atoms with van der Waals surface area (Å²) in [5.74, 6) is 0.861. The van der Waals surface area contributed by atoms with Crippen LogP contribution in [0.2, 0.25) is 0 Å². The van der Waals surface area contributed by atoms with Gasteiger partial charge in [0.15, 0.2) is 0 Å². The number of amides is 1. The van der Waals surface area contributed by atoms with Crippen LogP contribution in [0.4, 0.5) is 5.82 Å². The molecule has 8 heteroatoms. The van der Waals surface area contributed by atoms with Crippen LogP contribution < -0.4 is 4.90 Å². The maximum absolute atomic E-state index is 12.0. The van der Waals surface area contributed by atoms with E-state index in [4.69, 9.17) is 14.7 Å². The Labute approximate surface area is 212 Å². The van der Waals surface area contributed by atoms with Gasteiger partial charge >= 0.3 is 0 Å². The first-order chi connectivity index (χ1) is 17.0. The lowest BCUT2D eigenvalue weighted by Gasteiger charge is -2.47. The second-order valence-electron chi connectivity index (χ2n) is 11.3. The van der Waals surface area contributed by atoms with Crippen molar-refractivity contribution in [2.45, 2.75) is 58.7 Å². The van der Waals surface area contributed by atoms with Crippen LogP contribution in [-0.4, -0.2) is 57.7 Å². The van der Waals surface area contributed by atoms with Crippen molar-refractivity contribution in [2.75, 3.05) is 31.1 Å². The number of aromatic nitrogens is 2. The minimum absolute atomic E-state index is 0.0135. The summed E-state index contributed by atoms with van der Waals surface area (Å²) in [4.78, 5) is 25.9. The largest absolute Gasteiger partial charge is 0.508 e. The van der Waals surface area contributed by atoms with Gasteiger partial charge in [-0.05, 0) is 32.3 Å². The number of aromatic hydroxyl groups is 1. The Kier molecular flexibility index (Phi) is 5.79. The summed E-state index contributed by atoms with van der Waals surface area (Å²) in [5, 5.41) is 20.9. The Morgan fingerprint density at radius 1 is 1.28 bits per heavy atom. The van der Waals surface area contributed by atoms with Crippen LogP contribution in [0, 0.1) is 16.7 Å². The summed E-state index contributed by atoms with van der Waals surface area (Å²) in [6, 6.07) is 5.72. The molecule has 3 aliphatic heterocycles. The van der Waals surface area contributed by atoms with Gasteiger partial charge in [0, 0.05) is 67.0 Å². The summed E-state index contributed by atoms with van der Waals surface area (Å²) >= 11 is 0. The Morgan fingerprint density at radius 3 is 2.69 bits per heavy atom. The molecule has 0 bridgehead atoms. The second kappa shape index (κ2) is 8.59. The first-order valence-corrected chi connectivity index (χ1v) is 12.5. The molecule has 1 amide bonds. The van der Waals surface area contributed by atoms with Gasteiger partial charge in [-0.3, -0.25) is 9.78 Å². The minimum Gasteiger partial charge on any atom is -0.508 e. The predicted octanol–water partition coefficient (Wildman–Crippen LogP) is 3.92. The third-order valence-electron chi connectivity index (χ3n) is 7.63. The first-order valence-electron chi connectivity index (χ1n) is 12.5. The fourth-order valence-electron chi connectivity index (χ4n) is 5.68. The van der Waals surface area contributed by atoms with Crippen molar-refractivity contribution < 1.29 is 14.6 Å². The van der Waals surface area contributed by atoms with Crippen LogP contribution in [0.3, 0.4) is 0 Å². The molecule has 36 heavy (non-hydrogen) atoms. The molecule has 1 N–H and O–H groups in total. The van der Waals surface area contributed by atoms with Crippen molar-refractivity contribution in [2.24, 2.45) is 5.41 Å². The fourth-order valence-corrected chi connectivity index (χ4v) is 5.68. The van der Waals surface area contributed by atoms with E-state index in [-0.39, 0.29) is 28.6 Å². The van der Waals surface area contributed by atoms with Gasteiger partial charge in [-0.2, -0.15) is 5.26 Å². The standard InChI is InChI=1S/C28H33N5O3/c1-6-24(35)33-15-28(16-33)7-8-32(14-28)26-19(12-29)25(20-13-36-27(4,5)11-23(20)31-26)22-10-18(34)9-21(30-22)17(2)3/h6,9-10,17H,1,7-8,11,13-16H2,2-5H3,(H,30,34). The SMILES string of the molecule is C=CC(=O)N1CC2(CCN(c3nc4c(c(-c5cc(O)cc(C(C)C)n5)c3C#N)COC(C)(C)C4)C2)C1. The molecule has 0 unspecified atom stereocenters. The number of anilines is 1. The molecule has 2 aromatic heterocycles. The van der Waals surface area contributed by atoms with E-state index >= 15 is 0 Å². The number of carbonyl (C=O) groups is 1. The lowest BCUT2D eigenvalue weighted by atomic mass is 9.79. The summed E-state index contributed by atoms with van der Waals surface area (Å²) in [5.41, 5.74) is 3.90. The molecule has 5 heterocycles. The van der Waals surface area contributed by atoms with Crippen LogP contribution in [0.15, 0.2) is 24.8 Å². The number of ether oxygens (including phenoxy) is 1. The van der Waals surface area contributed by atoms with E-state index in [0.717, 1.165) is 36.5 Å². The average Bonchev–Trinajstić information content (AvgIpc) is 3.26. The Morgan fingerprint density at radius 2 is 2.03 bits per heavy atom. The van der Waals surface area contributed by atoms with Crippen molar-refractivity contribution in [3.63, 3.8) is 0 Å². The van der Waals surface area contributed by atoms with E-state index in [9.17, 15) is 15.2 Å². The number of hydrogen-bond donors (Lipinski definition) is 1. The molecule has 188 valence electrons. The number of rotatable bonds is 4. The van der Waals surface area contributed by atoms with Crippen LogP contribution in [0.25, 0.3) is 11.3 Å². The fraction of sp³-hybridized carbons (Fsp3) is 0.500. The van der Waals surface area contributed by atoms with Gasteiger partial charge in [-0.1, -0.05) is 20.4 Å². The molecule has 0 aromatic carbocycles. The molecule has 2 aromatic rings. The van der Waals surface area contributed by atoms with E-state index in [0.29, 0.717) is 48.8 Å². The van der Waals surface area contributed by atoms with Crippen molar-refractivity contribution >= 4 is 11.7 Å². The number of likely N-dealkylation sites (tertiary alicyclic amines) is 1. The van der Waals surface area contributed by atoms with Crippen molar-refractivity contribution in [3.8, 4) is 23.1 Å². The van der Waals surface area contributed by atoms with Gasteiger partial charge < -0.3 is 19.6 Å². The molecular weight excluding hydrogens is 454 g/mol. The van der Waals surface area contributed by atoms with E-state index in [1.807, 2.05) is 32.6 Å². The van der Waals surface area contributed by atoms with Gasteiger partial charge in [0.25, 0.3) is 0 Å². The lowest BCUT2D eigenvalue weighted by molar-refractivity contribution is -0.136. The zero-order valence-electron chi connectivity index (χ0n) is 21.5. The van der Waals surface area contributed by atoms with Crippen LogP contribution in [-0.2, 0) is 22.6 Å². The maximum atomic E-state index is 12.0. The molecule has 0 aliphatic carbocycles. The van der Waals surface area contributed by atoms with Gasteiger partial charge in [-0.15, -0.1) is 0 Å². The highest BCUT2D eigenvalue weighted by atomic mass is 16.5. The van der Waals surface area contributed by atoms with E-state index < -0.39 is 0 Å². The molecular formula is C28H33N5O3. The van der Waals surface area contributed by atoms with Crippen molar-refractivity contribution in [3.05, 3.63) is 47.3 Å². The summed E-state index contributed by atoms with van der Waals surface area (Å²) < 4.78 is 6.13. The topological polar surface area (TPSA) is 103 Å². The number of nitrogens with zero attached hydrogens (tertiary/aromatic N) is 5. The molecule has 0 atom stereocenters. The van der Waals surface area contributed by atoms with Crippen molar-refractivity contribution in [1.29, 1.82) is 5.26 Å². The molecule has 3 aliphatic rings. The third-order valence-corrected chi connectivity index (χ3v) is 7.63. The molecule has 8 nitrogen and oxygen atoms in total. The van der Waals surface area contributed by atoms with Crippen molar-refractivity contribution in [1.82, 2.24) is 14.9 Å². The average molecular weight is 488 g/mol. The number of carbonyl (C=O) groups excluding carboxylic acids is 1. The van der Waals surface area contributed by atoms with Gasteiger partial charge in [-0.25, -0.2) is 4.98 Å². The number of pyridine rings is 2. The predicted molar refractivity (Wildman–Crippen MR) is 137 cm³/mol. The van der Waals surface area contributed by atoms with Crippen LogP contribution in [0.5, 0.6) is 5.75 Å². The Hall–Kier alpha value is -3.44. The monoisotopic (exact) mass is 487 g/mol. The molecule has 2 fully saturated rings. The van der Waals surface area contributed by atoms with E-state index in [1.54, 1.807) is 12.1 Å². The highest BCUT2D eigenvalue weighted by Crippen LogP contribution is 2.45. The Balaban J connectivity index is 1.61. The van der Waals surface area contributed by atoms with Gasteiger partial charge in [0.1, 0.15) is 23.2 Å². The highest BCUT2D eigenvalue weighted by molar-refractivity contribution is 5.88. The van der Waals surface area contributed by atoms with Crippen LogP contribution in [0.1, 0.15) is 62.5 Å². The lowest BCUT2D eigenvalue weighted by Crippen LogP contribution is -2.59. The van der Waals surface area contributed by atoms with E-state index in [2.05, 4.69) is 17.5 Å². The highest BCUT2D eigenvalue weighted by Gasteiger charge is 2.49. The zero-order valence-corrected chi connectivity index (χ0v) is 21.5. The third kappa shape index (κ3) is 4.11. The summed E-state index contributed by atoms with van der Waals surface area (Å²) in [6.45, 7) is 15.0. The first kappa shape index (κ1) is 24.3. The van der Waals surface area contributed by atoms with Crippen LogP contribution >= 0.6 is 0 Å². The summed E-state index contributed by atoms with van der Waals surface area (Å²) in [7, 11) is 0. The molecule has 2 saturated heterocycles. The Bertz CT molecular complexity index is 1290. The number of fused-ring (bicyclic) bond motifs is 1. The maximum Gasteiger partial charge on any atom is 0.245 e. The minimum atomic E-state index is -0.371. The second-order valence-corrected chi connectivity index (χ2v) is 11.3. The molecule has 0 radical (unpaired) electrons. The molecule has 5 rings (SSSR count). The smallest absolute Gasteiger partial charge is 0.245 e. The number of hydrogen-bond acceptors (Lipinski definition) is 7. The quantitative estimate of drug-likeness (QED) is 0.652. The van der Waals surface area contributed by atoms with E-state index in [1.165, 1.54) is 6.08 Å². The van der Waals surface area contributed by atoms with Gasteiger partial charge in [0.05, 0.1) is 23.6 Å². The normalized spacial score (nSPS) is 19.7. The molecule has 0 saturated carbocycles. The zero-order chi connectivity index (χ0) is 25.8. The van der Waals surface area contributed by atoms with Gasteiger partial charge in [0.2, 0.25) is 5.91 Å². The number of nitriles is 1. The summed E-state index contributed by atoms with van der Waals surface area (Å²) in [6.07, 6.45) is 2.91.